The number of aromatic nitrogens is 2. The topological polar surface area (TPSA) is 61.4 Å². The predicted molar refractivity (Wildman–Crippen MR) is 115 cm³/mol. The van der Waals surface area contributed by atoms with Crippen molar-refractivity contribution in [3.63, 3.8) is 0 Å². The largest absolute Gasteiger partial charge is 0.368 e. The second-order valence-corrected chi connectivity index (χ2v) is 7.17. The van der Waals surface area contributed by atoms with E-state index in [1.165, 1.54) is 5.69 Å². The summed E-state index contributed by atoms with van der Waals surface area (Å²) < 4.78 is 0. The van der Waals surface area contributed by atoms with E-state index in [0.717, 1.165) is 24.3 Å². The molecule has 0 bridgehead atoms. The molecule has 1 amide bonds. The van der Waals surface area contributed by atoms with E-state index in [9.17, 15) is 4.79 Å². The van der Waals surface area contributed by atoms with Crippen LogP contribution >= 0.6 is 0 Å². The fourth-order valence-corrected chi connectivity index (χ4v) is 3.50. The van der Waals surface area contributed by atoms with E-state index in [-0.39, 0.29) is 5.91 Å². The average molecular weight is 387 g/mol. The van der Waals surface area contributed by atoms with Crippen LogP contribution in [0, 0.1) is 6.92 Å². The molecule has 6 heteroatoms. The third kappa shape index (κ3) is 4.71. The smallest absolute Gasteiger partial charge is 0.272 e. The number of nitrogens with one attached hydrogen (secondary N) is 1. The summed E-state index contributed by atoms with van der Waals surface area (Å²) in [6.07, 6.45) is 0. The fraction of sp³-hybridized carbons (Fsp3) is 0.261. The first-order chi connectivity index (χ1) is 14.2. The average Bonchev–Trinajstić information content (AvgIpc) is 2.78. The summed E-state index contributed by atoms with van der Waals surface area (Å²) in [7, 11) is 0. The molecule has 0 unspecified atom stereocenters. The lowest BCUT2D eigenvalue weighted by atomic mass is 10.2. The van der Waals surface area contributed by atoms with E-state index in [2.05, 4.69) is 32.3 Å². The minimum atomic E-state index is -0.0361. The summed E-state index contributed by atoms with van der Waals surface area (Å²) in [6.45, 7) is 5.51. The van der Waals surface area contributed by atoms with Gasteiger partial charge in [-0.2, -0.15) is 0 Å². The van der Waals surface area contributed by atoms with E-state index < -0.39 is 0 Å². The molecule has 1 saturated heterocycles. The van der Waals surface area contributed by atoms with Gasteiger partial charge in [-0.3, -0.25) is 4.79 Å². The molecule has 3 aromatic rings. The predicted octanol–water partition coefficient (Wildman–Crippen LogP) is 3.36. The Morgan fingerprint density at radius 3 is 2.28 bits per heavy atom. The number of aryl methyl sites for hydroxylation is 1. The molecular formula is C23H25N5O. The molecule has 4 rings (SSSR count). The Morgan fingerprint density at radius 2 is 1.59 bits per heavy atom. The summed E-state index contributed by atoms with van der Waals surface area (Å²) in [6, 6.07) is 22.1. The molecule has 0 radical (unpaired) electrons. The molecule has 148 valence electrons. The van der Waals surface area contributed by atoms with Gasteiger partial charge in [0.25, 0.3) is 5.91 Å². The lowest BCUT2D eigenvalue weighted by Crippen LogP contribution is -2.49. The number of para-hydroxylation sites is 1. The van der Waals surface area contributed by atoms with Crippen LogP contribution in [-0.2, 0) is 6.54 Å². The first-order valence-corrected chi connectivity index (χ1v) is 9.92. The molecule has 2 heterocycles. The molecule has 6 nitrogen and oxygen atoms in total. The van der Waals surface area contributed by atoms with Gasteiger partial charge in [0.05, 0.1) is 0 Å². The Bertz CT molecular complexity index is 954. The van der Waals surface area contributed by atoms with Crippen LogP contribution < -0.4 is 10.2 Å². The van der Waals surface area contributed by atoms with E-state index in [0.29, 0.717) is 31.3 Å². The zero-order valence-corrected chi connectivity index (χ0v) is 16.6. The maximum Gasteiger partial charge on any atom is 0.272 e. The van der Waals surface area contributed by atoms with E-state index in [1.54, 1.807) is 6.07 Å². The third-order valence-corrected chi connectivity index (χ3v) is 5.06. The summed E-state index contributed by atoms with van der Waals surface area (Å²) in [4.78, 5) is 26.1. The molecule has 29 heavy (non-hydrogen) atoms. The lowest BCUT2D eigenvalue weighted by Gasteiger charge is -2.36. The van der Waals surface area contributed by atoms with Gasteiger partial charge in [-0.1, -0.05) is 48.5 Å². The van der Waals surface area contributed by atoms with Crippen molar-refractivity contribution >= 4 is 17.5 Å². The quantitative estimate of drug-likeness (QED) is 0.727. The molecule has 0 spiro atoms. The van der Waals surface area contributed by atoms with Crippen molar-refractivity contribution in [2.75, 3.05) is 36.4 Å². The Kier molecular flexibility index (Phi) is 5.70. The van der Waals surface area contributed by atoms with Gasteiger partial charge in [-0.15, -0.1) is 0 Å². The summed E-state index contributed by atoms with van der Waals surface area (Å²) in [5, 5.41) is 3.23. The Hall–Kier alpha value is -3.41. The van der Waals surface area contributed by atoms with Gasteiger partial charge in [-0.25, -0.2) is 9.97 Å². The minimum absolute atomic E-state index is 0.0361. The molecule has 1 aliphatic heterocycles. The first-order valence-electron chi connectivity index (χ1n) is 9.92. The molecule has 0 aliphatic carbocycles. The van der Waals surface area contributed by atoms with Crippen molar-refractivity contribution in [3.8, 4) is 0 Å². The highest BCUT2D eigenvalue weighted by Gasteiger charge is 2.23. The number of piperazine rings is 1. The molecule has 0 saturated carbocycles. The van der Waals surface area contributed by atoms with Gasteiger partial charge in [0.2, 0.25) is 5.95 Å². The van der Waals surface area contributed by atoms with Crippen LogP contribution in [-0.4, -0.2) is 47.0 Å². The van der Waals surface area contributed by atoms with Crippen LogP contribution in [0.3, 0.4) is 0 Å². The molecular weight excluding hydrogens is 362 g/mol. The number of carbonyl (C=O) groups is 1. The maximum absolute atomic E-state index is 13.0. The Labute approximate surface area is 171 Å². The van der Waals surface area contributed by atoms with Crippen LogP contribution in [0.25, 0.3) is 0 Å². The molecule has 0 atom stereocenters. The molecule has 1 N–H and O–H groups in total. The maximum atomic E-state index is 13.0. The lowest BCUT2D eigenvalue weighted by molar-refractivity contribution is 0.0740. The fourth-order valence-electron chi connectivity index (χ4n) is 3.50. The normalized spacial score (nSPS) is 14.0. The van der Waals surface area contributed by atoms with Crippen molar-refractivity contribution in [2.45, 2.75) is 13.5 Å². The van der Waals surface area contributed by atoms with Gasteiger partial charge < -0.3 is 15.1 Å². The van der Waals surface area contributed by atoms with Crippen LogP contribution in [0.15, 0.2) is 66.7 Å². The van der Waals surface area contributed by atoms with E-state index in [1.807, 2.05) is 60.4 Å². The first kappa shape index (κ1) is 18.9. The van der Waals surface area contributed by atoms with Gasteiger partial charge in [0.15, 0.2) is 0 Å². The highest BCUT2D eigenvalue weighted by Crippen LogP contribution is 2.17. The van der Waals surface area contributed by atoms with Crippen LogP contribution in [0.1, 0.15) is 21.7 Å². The highest BCUT2D eigenvalue weighted by molar-refractivity contribution is 5.92. The molecule has 1 fully saturated rings. The van der Waals surface area contributed by atoms with Crippen LogP contribution in [0.4, 0.5) is 11.6 Å². The molecule has 1 aliphatic rings. The zero-order chi connectivity index (χ0) is 20.1. The van der Waals surface area contributed by atoms with E-state index >= 15 is 0 Å². The van der Waals surface area contributed by atoms with E-state index in [4.69, 9.17) is 0 Å². The van der Waals surface area contributed by atoms with Gasteiger partial charge in [-0.05, 0) is 30.7 Å². The van der Waals surface area contributed by atoms with Gasteiger partial charge in [0.1, 0.15) is 5.69 Å². The van der Waals surface area contributed by atoms with Crippen molar-refractivity contribution in [1.82, 2.24) is 14.9 Å². The Balaban J connectivity index is 1.40. The monoisotopic (exact) mass is 387 g/mol. The van der Waals surface area contributed by atoms with Gasteiger partial charge in [0, 0.05) is 44.1 Å². The minimum Gasteiger partial charge on any atom is -0.368 e. The van der Waals surface area contributed by atoms with Crippen molar-refractivity contribution in [1.29, 1.82) is 0 Å². The number of hydrogen-bond donors (Lipinski definition) is 1. The summed E-state index contributed by atoms with van der Waals surface area (Å²) >= 11 is 0. The number of amides is 1. The zero-order valence-electron chi connectivity index (χ0n) is 16.6. The van der Waals surface area contributed by atoms with Crippen molar-refractivity contribution in [3.05, 3.63) is 83.7 Å². The SMILES string of the molecule is Cc1cc(C(=O)N2CCN(c3ccccc3)CC2)nc(NCc2ccccc2)n1. The number of carbonyl (C=O) groups excluding carboxylic acids is 1. The van der Waals surface area contributed by atoms with Crippen LogP contribution in [0.5, 0.6) is 0 Å². The highest BCUT2D eigenvalue weighted by atomic mass is 16.2. The Morgan fingerprint density at radius 1 is 0.931 bits per heavy atom. The molecule has 1 aromatic heterocycles. The number of benzene rings is 2. The van der Waals surface area contributed by atoms with Gasteiger partial charge >= 0.3 is 0 Å². The van der Waals surface area contributed by atoms with Crippen molar-refractivity contribution < 1.29 is 4.79 Å². The number of rotatable bonds is 5. The third-order valence-electron chi connectivity index (χ3n) is 5.06. The number of anilines is 2. The number of hydrogen-bond acceptors (Lipinski definition) is 5. The second kappa shape index (κ2) is 8.73. The summed E-state index contributed by atoms with van der Waals surface area (Å²) in [5.74, 6) is 0.450. The standard InChI is InChI=1S/C23H25N5O/c1-18-16-21(26-23(25-18)24-17-19-8-4-2-5-9-19)22(29)28-14-12-27(13-15-28)20-10-6-3-7-11-20/h2-11,16H,12-15,17H2,1H3,(H,24,25,26). The number of nitrogens with zero attached hydrogens (tertiary/aromatic N) is 4. The second-order valence-electron chi connectivity index (χ2n) is 7.17. The summed E-state index contributed by atoms with van der Waals surface area (Å²) in [5.41, 5.74) is 3.57. The van der Waals surface area contributed by atoms with Crippen LogP contribution in [0.2, 0.25) is 0 Å². The molecule has 2 aromatic carbocycles. The van der Waals surface area contributed by atoms with Crippen molar-refractivity contribution in [2.24, 2.45) is 0 Å².